The summed E-state index contributed by atoms with van der Waals surface area (Å²) >= 11 is 0. The van der Waals surface area contributed by atoms with E-state index in [4.69, 9.17) is 0 Å². The summed E-state index contributed by atoms with van der Waals surface area (Å²) in [6, 6.07) is 3.47. The number of sulfone groups is 1. The Morgan fingerprint density at radius 3 is 2.11 bits per heavy atom. The highest BCUT2D eigenvalue weighted by Crippen LogP contribution is 2.41. The zero-order valence-electron chi connectivity index (χ0n) is 17.8. The van der Waals surface area contributed by atoms with E-state index in [2.05, 4.69) is 4.98 Å². The van der Waals surface area contributed by atoms with Crippen molar-refractivity contribution in [3.05, 3.63) is 53.5 Å². The van der Waals surface area contributed by atoms with Crippen LogP contribution < -0.4 is 4.90 Å². The van der Waals surface area contributed by atoms with Gasteiger partial charge in [-0.05, 0) is 50.5 Å². The number of hydrogen-bond donors (Lipinski definition) is 0. The smallest absolute Gasteiger partial charge is 0.294 e. The van der Waals surface area contributed by atoms with E-state index in [1.807, 2.05) is 0 Å². The number of pyridine rings is 1. The Morgan fingerprint density at radius 2 is 1.60 bits per heavy atom. The summed E-state index contributed by atoms with van der Waals surface area (Å²) in [6.07, 6.45) is -9.62. The van der Waals surface area contributed by atoms with Crippen molar-refractivity contribution in [2.45, 2.75) is 56.1 Å². The number of nitrogens with zero attached hydrogens (tertiary/aromatic N) is 2. The molecule has 0 N–H and O–H groups in total. The SMILES string of the molecule is C.CC(C)([C@H]1CCN(c2ncc(C(F)(F)F)cc2F)C(=O)C1)S(=O)(=O)c1cccc(C(F)(F)F)c1. The van der Waals surface area contributed by atoms with Crippen LogP contribution in [0.2, 0.25) is 0 Å². The minimum absolute atomic E-state index is 0. The van der Waals surface area contributed by atoms with Gasteiger partial charge in [-0.25, -0.2) is 17.8 Å². The molecule has 0 aliphatic carbocycles. The summed E-state index contributed by atoms with van der Waals surface area (Å²) in [7, 11) is -4.34. The van der Waals surface area contributed by atoms with Crippen molar-refractivity contribution in [1.82, 2.24) is 4.98 Å². The second-order valence-electron chi connectivity index (χ2n) is 8.39. The number of carbonyl (C=O) groups excluding carboxylic acids is 1. The molecule has 1 fully saturated rings. The highest BCUT2D eigenvalue weighted by Gasteiger charge is 2.47. The molecule has 0 radical (unpaired) electrons. The minimum Gasteiger partial charge on any atom is -0.294 e. The summed E-state index contributed by atoms with van der Waals surface area (Å²) in [6.45, 7) is 2.33. The Kier molecular flexibility index (Phi) is 7.66. The van der Waals surface area contributed by atoms with E-state index < -0.39 is 72.8 Å². The van der Waals surface area contributed by atoms with Gasteiger partial charge in [0, 0.05) is 19.2 Å². The molecule has 35 heavy (non-hydrogen) atoms. The van der Waals surface area contributed by atoms with Gasteiger partial charge in [0.05, 0.1) is 20.8 Å². The van der Waals surface area contributed by atoms with Crippen LogP contribution in [-0.2, 0) is 27.0 Å². The topological polar surface area (TPSA) is 67.3 Å². The van der Waals surface area contributed by atoms with Crippen LogP contribution in [-0.4, -0.2) is 30.6 Å². The number of amides is 1. The lowest BCUT2D eigenvalue weighted by molar-refractivity contribution is -0.138. The fourth-order valence-electron chi connectivity index (χ4n) is 3.80. The van der Waals surface area contributed by atoms with Gasteiger partial charge in [0.25, 0.3) is 0 Å². The molecule has 0 spiro atoms. The summed E-state index contributed by atoms with van der Waals surface area (Å²) in [5, 5.41) is 0. The first-order valence-corrected chi connectivity index (χ1v) is 11.4. The summed E-state index contributed by atoms with van der Waals surface area (Å²) in [5.74, 6) is -3.60. The summed E-state index contributed by atoms with van der Waals surface area (Å²) < 4.78 is 116. The van der Waals surface area contributed by atoms with Crippen molar-refractivity contribution in [2.75, 3.05) is 11.4 Å². The van der Waals surface area contributed by atoms with Crippen LogP contribution in [0.25, 0.3) is 0 Å². The Hall–Kier alpha value is -2.70. The molecule has 1 aromatic carbocycles. The number of hydrogen-bond acceptors (Lipinski definition) is 4. The Morgan fingerprint density at radius 1 is 1.00 bits per heavy atom. The lowest BCUT2D eigenvalue weighted by Crippen LogP contribution is -2.49. The van der Waals surface area contributed by atoms with E-state index in [1.165, 1.54) is 13.8 Å². The average Bonchev–Trinajstić information content (AvgIpc) is 2.72. The van der Waals surface area contributed by atoms with Crippen molar-refractivity contribution in [1.29, 1.82) is 0 Å². The highest BCUT2D eigenvalue weighted by atomic mass is 32.2. The predicted molar refractivity (Wildman–Crippen MR) is 114 cm³/mol. The number of benzene rings is 1. The van der Waals surface area contributed by atoms with Crippen LogP contribution in [0.5, 0.6) is 0 Å². The standard InChI is InChI=1S/C21H19F7N2O3S.CH4/c1-19(2,34(32,33)15-5-3-4-13(8-15)20(23,24)25)12-6-7-30(17(31)10-12)18-16(22)9-14(11-29-18)21(26,27)28;/h3-5,8-9,11-12H,6-7,10H2,1-2H3;1H4/t12-;/m0./s1. The molecule has 13 heteroatoms. The quantitative estimate of drug-likeness (QED) is 0.465. The zero-order chi connectivity index (χ0) is 25.7. The first kappa shape index (κ1) is 28.5. The molecule has 2 aromatic rings. The lowest BCUT2D eigenvalue weighted by Gasteiger charge is -2.39. The molecule has 5 nitrogen and oxygen atoms in total. The maximum Gasteiger partial charge on any atom is 0.417 e. The molecule has 1 aliphatic heterocycles. The highest BCUT2D eigenvalue weighted by molar-refractivity contribution is 7.92. The van der Waals surface area contributed by atoms with Gasteiger partial charge in [-0.15, -0.1) is 0 Å². The third kappa shape index (κ3) is 5.44. The number of alkyl halides is 6. The van der Waals surface area contributed by atoms with Crippen molar-refractivity contribution in [2.24, 2.45) is 5.92 Å². The molecule has 194 valence electrons. The summed E-state index contributed by atoms with van der Waals surface area (Å²) in [5.41, 5.74) is -2.47. The Labute approximate surface area is 197 Å². The Balaban J connectivity index is 0.00000432. The van der Waals surface area contributed by atoms with Gasteiger partial charge in [0.2, 0.25) is 5.91 Å². The lowest BCUT2D eigenvalue weighted by atomic mass is 9.85. The van der Waals surface area contributed by atoms with Crippen molar-refractivity contribution >= 4 is 21.6 Å². The van der Waals surface area contributed by atoms with Gasteiger partial charge < -0.3 is 0 Å². The van der Waals surface area contributed by atoms with E-state index >= 15 is 0 Å². The second kappa shape index (κ2) is 9.40. The van der Waals surface area contributed by atoms with E-state index in [9.17, 15) is 43.9 Å². The first-order valence-electron chi connectivity index (χ1n) is 9.91. The largest absolute Gasteiger partial charge is 0.417 e. The molecule has 1 saturated heterocycles. The number of rotatable bonds is 4. The third-order valence-corrected chi connectivity index (χ3v) is 8.57. The van der Waals surface area contributed by atoms with Crippen LogP contribution in [0.1, 0.15) is 45.2 Å². The maximum atomic E-state index is 14.3. The van der Waals surface area contributed by atoms with Gasteiger partial charge >= 0.3 is 12.4 Å². The van der Waals surface area contributed by atoms with Crippen molar-refractivity contribution in [3.63, 3.8) is 0 Å². The fourth-order valence-corrected chi connectivity index (χ4v) is 5.58. The van der Waals surface area contributed by atoms with Gasteiger partial charge in [-0.2, -0.15) is 26.3 Å². The van der Waals surface area contributed by atoms with Crippen LogP contribution >= 0.6 is 0 Å². The van der Waals surface area contributed by atoms with E-state index in [0.717, 1.165) is 23.1 Å². The molecule has 3 rings (SSSR count). The number of carbonyl (C=O) groups is 1. The van der Waals surface area contributed by atoms with Crippen LogP contribution in [0.3, 0.4) is 0 Å². The molecule has 0 bridgehead atoms. The molecule has 0 unspecified atom stereocenters. The van der Waals surface area contributed by atoms with Gasteiger partial charge in [0.1, 0.15) is 0 Å². The van der Waals surface area contributed by atoms with Crippen molar-refractivity contribution in [3.8, 4) is 0 Å². The molecule has 2 heterocycles. The molecule has 0 saturated carbocycles. The van der Waals surface area contributed by atoms with Gasteiger partial charge in [-0.3, -0.25) is 9.69 Å². The zero-order valence-corrected chi connectivity index (χ0v) is 18.7. The number of halogens is 7. The number of aromatic nitrogens is 1. The van der Waals surface area contributed by atoms with Crippen LogP contribution in [0.4, 0.5) is 36.6 Å². The van der Waals surface area contributed by atoms with E-state index in [-0.39, 0.29) is 26.5 Å². The molecule has 1 aromatic heterocycles. The minimum atomic E-state index is -4.83. The molecule has 1 amide bonds. The van der Waals surface area contributed by atoms with E-state index in [1.54, 1.807) is 0 Å². The normalized spacial score (nSPS) is 17.8. The van der Waals surface area contributed by atoms with Gasteiger partial charge in [-0.1, -0.05) is 13.5 Å². The predicted octanol–water partition coefficient (Wildman–Crippen LogP) is 5.89. The molecule has 1 atom stereocenters. The third-order valence-electron chi connectivity index (χ3n) is 5.98. The molecule has 1 aliphatic rings. The van der Waals surface area contributed by atoms with E-state index in [0.29, 0.717) is 12.3 Å². The first-order chi connectivity index (χ1) is 15.5. The van der Waals surface area contributed by atoms with Crippen LogP contribution in [0, 0.1) is 11.7 Å². The van der Waals surface area contributed by atoms with Gasteiger partial charge in [0.15, 0.2) is 21.5 Å². The number of anilines is 1. The number of piperidine rings is 1. The molecular formula is C22H23F7N2O3S. The molecular weight excluding hydrogens is 505 g/mol. The van der Waals surface area contributed by atoms with Crippen molar-refractivity contribution < 1.29 is 43.9 Å². The second-order valence-corrected chi connectivity index (χ2v) is 10.9. The monoisotopic (exact) mass is 528 g/mol. The fraction of sp³-hybridized carbons (Fsp3) is 0.455. The van der Waals surface area contributed by atoms with Crippen LogP contribution in [0.15, 0.2) is 41.4 Å². The maximum absolute atomic E-state index is 14.3. The summed E-state index contributed by atoms with van der Waals surface area (Å²) in [4.78, 5) is 16.4. The average molecular weight is 528 g/mol. The Bertz CT molecular complexity index is 1210.